The highest BCUT2D eigenvalue weighted by atomic mass is 16.6. The van der Waals surface area contributed by atoms with Crippen molar-refractivity contribution >= 4 is 5.97 Å². The van der Waals surface area contributed by atoms with Gasteiger partial charge in [0.15, 0.2) is 6.10 Å². The fourth-order valence-electron chi connectivity index (χ4n) is 1.89. The lowest BCUT2D eigenvalue weighted by Crippen LogP contribution is -2.29. The van der Waals surface area contributed by atoms with E-state index in [4.69, 9.17) is 9.47 Å². The first-order valence-corrected chi connectivity index (χ1v) is 7.23. The molecule has 2 unspecified atom stereocenters. The number of hydrogen-bond donors (Lipinski definition) is 1. The van der Waals surface area contributed by atoms with Crippen LogP contribution in [0.2, 0.25) is 0 Å². The number of esters is 1. The van der Waals surface area contributed by atoms with Gasteiger partial charge in [-0.1, -0.05) is 32.4 Å². The van der Waals surface area contributed by atoms with E-state index < -0.39 is 12.2 Å². The van der Waals surface area contributed by atoms with Crippen LogP contribution in [0.25, 0.3) is 0 Å². The maximum atomic E-state index is 11.8. The Hall–Kier alpha value is -1.55. The summed E-state index contributed by atoms with van der Waals surface area (Å²) in [4.78, 5) is 11.8. The van der Waals surface area contributed by atoms with Crippen LogP contribution in [-0.4, -0.2) is 23.8 Å². The zero-order valence-electron chi connectivity index (χ0n) is 12.5. The van der Waals surface area contributed by atoms with Gasteiger partial charge >= 0.3 is 5.97 Å². The van der Waals surface area contributed by atoms with E-state index in [0.29, 0.717) is 25.2 Å². The largest absolute Gasteiger partial charge is 0.479 e. The molecule has 1 N–H and O–H groups in total. The third kappa shape index (κ3) is 4.85. The quantitative estimate of drug-likeness (QED) is 0.743. The molecular weight excluding hydrogens is 256 g/mol. The Bertz CT molecular complexity index is 399. The SMILES string of the molecule is CCCC(Oc1ccc(C(O)CC)cc1)C(=O)OCC. The first-order chi connectivity index (χ1) is 9.62. The molecule has 20 heavy (non-hydrogen) atoms. The van der Waals surface area contributed by atoms with Crippen LogP contribution < -0.4 is 4.74 Å². The lowest BCUT2D eigenvalue weighted by atomic mass is 10.1. The molecule has 2 atom stereocenters. The highest BCUT2D eigenvalue weighted by molar-refractivity contribution is 5.75. The average Bonchev–Trinajstić information content (AvgIpc) is 2.47. The second-order valence-corrected chi connectivity index (χ2v) is 4.64. The molecule has 4 nitrogen and oxygen atoms in total. The van der Waals surface area contributed by atoms with Gasteiger partial charge in [-0.25, -0.2) is 4.79 Å². The normalized spacial score (nSPS) is 13.6. The van der Waals surface area contributed by atoms with Gasteiger partial charge in [-0.3, -0.25) is 0 Å². The van der Waals surface area contributed by atoms with Gasteiger partial charge < -0.3 is 14.6 Å². The monoisotopic (exact) mass is 280 g/mol. The van der Waals surface area contributed by atoms with E-state index in [2.05, 4.69) is 0 Å². The minimum atomic E-state index is -0.568. The van der Waals surface area contributed by atoms with Crippen molar-refractivity contribution in [2.24, 2.45) is 0 Å². The third-order valence-electron chi connectivity index (χ3n) is 3.03. The first kappa shape index (κ1) is 16.5. The number of hydrogen-bond acceptors (Lipinski definition) is 4. The van der Waals surface area contributed by atoms with Crippen molar-refractivity contribution in [1.82, 2.24) is 0 Å². The smallest absolute Gasteiger partial charge is 0.347 e. The lowest BCUT2D eigenvalue weighted by molar-refractivity contribution is -0.151. The van der Waals surface area contributed by atoms with E-state index in [9.17, 15) is 9.90 Å². The molecule has 0 aliphatic rings. The van der Waals surface area contributed by atoms with Gasteiger partial charge in [-0.05, 0) is 37.5 Å². The number of benzene rings is 1. The van der Waals surface area contributed by atoms with E-state index in [1.807, 2.05) is 26.0 Å². The van der Waals surface area contributed by atoms with Gasteiger partial charge in [-0.15, -0.1) is 0 Å². The Morgan fingerprint density at radius 1 is 1.20 bits per heavy atom. The summed E-state index contributed by atoms with van der Waals surface area (Å²) >= 11 is 0. The van der Waals surface area contributed by atoms with E-state index in [0.717, 1.165) is 12.0 Å². The third-order valence-corrected chi connectivity index (χ3v) is 3.03. The minimum absolute atomic E-state index is 0.327. The molecular formula is C16H24O4. The molecule has 0 amide bonds. The van der Waals surface area contributed by atoms with Crippen molar-refractivity contribution in [3.05, 3.63) is 29.8 Å². The van der Waals surface area contributed by atoms with Crippen LogP contribution in [0.4, 0.5) is 0 Å². The van der Waals surface area contributed by atoms with Gasteiger partial charge in [0, 0.05) is 0 Å². The Kier molecular flexibility index (Phi) is 7.09. The summed E-state index contributed by atoms with van der Waals surface area (Å²) in [6.07, 6.45) is 1.11. The Labute approximate surface area is 120 Å². The van der Waals surface area contributed by atoms with Crippen molar-refractivity contribution in [3.8, 4) is 5.75 Å². The van der Waals surface area contributed by atoms with Crippen molar-refractivity contribution in [3.63, 3.8) is 0 Å². The molecule has 0 aliphatic carbocycles. The highest BCUT2D eigenvalue weighted by Gasteiger charge is 2.20. The maximum Gasteiger partial charge on any atom is 0.347 e. The molecule has 4 heteroatoms. The van der Waals surface area contributed by atoms with Crippen molar-refractivity contribution < 1.29 is 19.4 Å². The second kappa shape index (κ2) is 8.59. The molecule has 0 radical (unpaired) electrons. The predicted octanol–water partition coefficient (Wildman–Crippen LogP) is 3.24. The van der Waals surface area contributed by atoms with Gasteiger partial charge in [0.05, 0.1) is 12.7 Å². The summed E-state index contributed by atoms with van der Waals surface area (Å²) in [5, 5.41) is 9.73. The van der Waals surface area contributed by atoms with Gasteiger partial charge in [0.2, 0.25) is 0 Å². The summed E-state index contributed by atoms with van der Waals surface area (Å²) in [7, 11) is 0. The molecule has 1 rings (SSSR count). The molecule has 0 saturated carbocycles. The lowest BCUT2D eigenvalue weighted by Gasteiger charge is -2.17. The zero-order chi connectivity index (χ0) is 15.0. The fourth-order valence-corrected chi connectivity index (χ4v) is 1.89. The number of aliphatic hydroxyl groups is 1. The molecule has 0 fully saturated rings. The topological polar surface area (TPSA) is 55.8 Å². The number of ether oxygens (including phenoxy) is 2. The molecule has 0 saturated heterocycles. The number of aliphatic hydroxyl groups excluding tert-OH is 1. The summed E-state index contributed by atoms with van der Waals surface area (Å²) in [5.41, 5.74) is 0.850. The van der Waals surface area contributed by atoms with Crippen molar-refractivity contribution in [1.29, 1.82) is 0 Å². The van der Waals surface area contributed by atoms with Crippen LogP contribution in [0.3, 0.4) is 0 Å². The van der Waals surface area contributed by atoms with Crippen LogP contribution in [0.15, 0.2) is 24.3 Å². The standard InChI is InChI=1S/C16H24O4/c1-4-7-15(16(18)19-6-3)20-13-10-8-12(9-11-13)14(17)5-2/h8-11,14-15,17H,4-7H2,1-3H3. The Morgan fingerprint density at radius 2 is 1.85 bits per heavy atom. The van der Waals surface area contributed by atoms with E-state index in [1.54, 1.807) is 19.1 Å². The number of rotatable bonds is 8. The van der Waals surface area contributed by atoms with Gasteiger partial charge in [0.1, 0.15) is 5.75 Å². The molecule has 0 aromatic heterocycles. The number of carbonyl (C=O) groups excluding carboxylic acids is 1. The van der Waals surface area contributed by atoms with E-state index in [1.165, 1.54) is 0 Å². The zero-order valence-corrected chi connectivity index (χ0v) is 12.5. The molecule has 1 aromatic carbocycles. The van der Waals surface area contributed by atoms with Crippen LogP contribution in [-0.2, 0) is 9.53 Å². The molecule has 0 heterocycles. The number of carbonyl (C=O) groups is 1. The van der Waals surface area contributed by atoms with Crippen molar-refractivity contribution in [2.45, 2.75) is 52.2 Å². The second-order valence-electron chi connectivity index (χ2n) is 4.64. The molecule has 112 valence electrons. The van der Waals surface area contributed by atoms with Crippen LogP contribution in [0.1, 0.15) is 51.7 Å². The maximum absolute atomic E-state index is 11.8. The van der Waals surface area contributed by atoms with E-state index in [-0.39, 0.29) is 5.97 Å². The molecule has 1 aromatic rings. The summed E-state index contributed by atoms with van der Waals surface area (Å²) in [6.45, 7) is 6.05. The average molecular weight is 280 g/mol. The summed E-state index contributed by atoms with van der Waals surface area (Å²) in [6, 6.07) is 7.18. The van der Waals surface area contributed by atoms with Gasteiger partial charge in [0.25, 0.3) is 0 Å². The van der Waals surface area contributed by atoms with Gasteiger partial charge in [-0.2, -0.15) is 0 Å². The highest BCUT2D eigenvalue weighted by Crippen LogP contribution is 2.21. The Balaban J connectivity index is 2.71. The summed E-state index contributed by atoms with van der Waals surface area (Å²) < 4.78 is 10.7. The first-order valence-electron chi connectivity index (χ1n) is 7.23. The summed E-state index contributed by atoms with van der Waals surface area (Å²) in [5.74, 6) is 0.288. The van der Waals surface area contributed by atoms with Crippen LogP contribution in [0, 0.1) is 0 Å². The fraction of sp³-hybridized carbons (Fsp3) is 0.562. The van der Waals surface area contributed by atoms with Crippen molar-refractivity contribution in [2.75, 3.05) is 6.61 Å². The molecule has 0 bridgehead atoms. The predicted molar refractivity (Wildman–Crippen MR) is 77.6 cm³/mol. The van der Waals surface area contributed by atoms with Crippen LogP contribution >= 0.6 is 0 Å². The minimum Gasteiger partial charge on any atom is -0.479 e. The van der Waals surface area contributed by atoms with Crippen LogP contribution in [0.5, 0.6) is 5.75 Å². The molecule has 0 spiro atoms. The Morgan fingerprint density at radius 3 is 2.35 bits per heavy atom. The van der Waals surface area contributed by atoms with E-state index >= 15 is 0 Å². The molecule has 0 aliphatic heterocycles.